The Balaban J connectivity index is 1.63. The summed E-state index contributed by atoms with van der Waals surface area (Å²) in [4.78, 5) is 20.3. The van der Waals surface area contributed by atoms with E-state index in [1.165, 1.54) is 0 Å². The normalized spacial score (nSPS) is 21.6. The summed E-state index contributed by atoms with van der Waals surface area (Å²) in [6.45, 7) is 3.86. The van der Waals surface area contributed by atoms with Gasteiger partial charge in [-0.1, -0.05) is 16.8 Å². The summed E-state index contributed by atoms with van der Waals surface area (Å²) < 4.78 is 5.46. The van der Waals surface area contributed by atoms with Crippen LogP contribution in [0.5, 0.6) is 0 Å². The molecule has 0 aliphatic carbocycles. The number of halogens is 1. The summed E-state index contributed by atoms with van der Waals surface area (Å²) in [7, 11) is 2.05. The zero-order valence-corrected chi connectivity index (χ0v) is 14.6. The number of hydrogen-bond acceptors (Lipinski definition) is 6. The maximum absolute atomic E-state index is 11.9. The van der Waals surface area contributed by atoms with E-state index >= 15 is 0 Å². The summed E-state index contributed by atoms with van der Waals surface area (Å²) in [5, 5.41) is 10.8. The van der Waals surface area contributed by atoms with E-state index in [0.29, 0.717) is 35.5 Å². The van der Waals surface area contributed by atoms with E-state index in [0.717, 1.165) is 25.2 Å². The van der Waals surface area contributed by atoms with E-state index in [2.05, 4.69) is 25.7 Å². The number of aromatic nitrogens is 2. The fourth-order valence-electron chi connectivity index (χ4n) is 3.14. The van der Waals surface area contributed by atoms with Crippen molar-refractivity contribution in [2.45, 2.75) is 6.04 Å². The highest BCUT2D eigenvalue weighted by Gasteiger charge is 2.27. The number of carbonyl (C=O) groups is 1. The van der Waals surface area contributed by atoms with E-state index in [9.17, 15) is 4.79 Å². The topological polar surface area (TPSA) is 86.5 Å². The summed E-state index contributed by atoms with van der Waals surface area (Å²) in [5.74, 6) is 1.08. The maximum Gasteiger partial charge on any atom is 0.322 e. The first kappa shape index (κ1) is 16.3. The van der Waals surface area contributed by atoms with Gasteiger partial charge in [-0.25, -0.2) is 4.79 Å². The lowest BCUT2D eigenvalue weighted by Crippen LogP contribution is -2.44. The molecule has 2 aliphatic rings. The van der Waals surface area contributed by atoms with Crippen LogP contribution in [-0.4, -0.2) is 60.8 Å². The average molecular weight is 363 g/mol. The first-order valence-corrected chi connectivity index (χ1v) is 8.61. The van der Waals surface area contributed by atoms with E-state index in [-0.39, 0.29) is 12.1 Å². The molecule has 1 aromatic heterocycles. The fourth-order valence-corrected chi connectivity index (χ4v) is 3.36. The average Bonchev–Trinajstić information content (AvgIpc) is 3.25. The van der Waals surface area contributed by atoms with Crippen molar-refractivity contribution >= 4 is 23.3 Å². The van der Waals surface area contributed by atoms with Crippen LogP contribution in [0.1, 0.15) is 11.9 Å². The number of anilines is 1. The van der Waals surface area contributed by atoms with Gasteiger partial charge in [0.2, 0.25) is 0 Å². The van der Waals surface area contributed by atoms with Crippen LogP contribution in [0.15, 0.2) is 22.7 Å². The second kappa shape index (κ2) is 6.62. The monoisotopic (exact) mass is 362 g/mol. The molecule has 9 heteroatoms. The second-order valence-corrected chi connectivity index (χ2v) is 6.62. The number of nitrogens with zero attached hydrogens (tertiary/aromatic N) is 4. The Kier molecular flexibility index (Phi) is 4.32. The van der Waals surface area contributed by atoms with Crippen molar-refractivity contribution < 1.29 is 9.32 Å². The van der Waals surface area contributed by atoms with Crippen LogP contribution < -0.4 is 15.5 Å². The molecule has 1 atom stereocenters. The highest BCUT2D eigenvalue weighted by molar-refractivity contribution is 6.34. The van der Waals surface area contributed by atoms with Gasteiger partial charge in [-0.15, -0.1) is 0 Å². The van der Waals surface area contributed by atoms with Gasteiger partial charge in [0.25, 0.3) is 5.89 Å². The molecule has 3 heterocycles. The molecule has 0 saturated carbocycles. The van der Waals surface area contributed by atoms with Gasteiger partial charge in [0.15, 0.2) is 5.82 Å². The van der Waals surface area contributed by atoms with Gasteiger partial charge in [-0.2, -0.15) is 4.98 Å². The molecule has 8 nitrogen and oxygen atoms in total. The molecule has 4 rings (SSSR count). The van der Waals surface area contributed by atoms with Gasteiger partial charge in [0.1, 0.15) is 0 Å². The number of amides is 2. The van der Waals surface area contributed by atoms with Crippen LogP contribution >= 0.6 is 11.6 Å². The molecule has 2 fully saturated rings. The first-order chi connectivity index (χ1) is 12.1. The lowest BCUT2D eigenvalue weighted by atomic mass is 10.1. The quantitative estimate of drug-likeness (QED) is 0.860. The van der Waals surface area contributed by atoms with Gasteiger partial charge in [0, 0.05) is 38.3 Å². The molecule has 2 amide bonds. The smallest absolute Gasteiger partial charge is 0.322 e. The number of likely N-dealkylation sites (N-methyl/N-ethyl adjacent to an activating group) is 1. The third kappa shape index (κ3) is 3.08. The molecule has 132 valence electrons. The Morgan fingerprint density at radius 3 is 2.96 bits per heavy atom. The molecule has 2 saturated heterocycles. The summed E-state index contributed by atoms with van der Waals surface area (Å²) in [5.41, 5.74) is 1.38. The van der Waals surface area contributed by atoms with Crippen LogP contribution in [0.25, 0.3) is 11.5 Å². The van der Waals surface area contributed by atoms with Gasteiger partial charge >= 0.3 is 6.03 Å². The number of benzene rings is 1. The molecule has 2 aromatic rings. The minimum absolute atomic E-state index is 0.0855. The number of rotatable bonds is 3. The zero-order chi connectivity index (χ0) is 17.4. The van der Waals surface area contributed by atoms with Gasteiger partial charge in [-0.3, -0.25) is 9.80 Å². The standard InChI is InChI=1S/C16H19ClN6O2/c1-22-6-4-18-9-13(22)14-20-15(25-21-14)10-2-3-11(17)12(8-10)23-7-5-19-16(23)24/h2-3,8,13,18H,4-7,9H2,1H3,(H,19,24). The predicted molar refractivity (Wildman–Crippen MR) is 93.7 cm³/mol. The maximum atomic E-state index is 11.9. The van der Waals surface area contributed by atoms with Crippen molar-refractivity contribution in [1.82, 2.24) is 25.7 Å². The van der Waals surface area contributed by atoms with E-state index in [4.69, 9.17) is 16.1 Å². The Bertz CT molecular complexity index is 795. The Morgan fingerprint density at radius 2 is 2.20 bits per heavy atom. The van der Waals surface area contributed by atoms with E-state index < -0.39 is 0 Å². The number of urea groups is 1. The largest absolute Gasteiger partial charge is 0.336 e. The van der Waals surface area contributed by atoms with Crippen LogP contribution in [0.2, 0.25) is 5.02 Å². The minimum Gasteiger partial charge on any atom is -0.336 e. The van der Waals surface area contributed by atoms with Crippen LogP contribution in [-0.2, 0) is 0 Å². The molecule has 0 radical (unpaired) electrons. The SMILES string of the molecule is CN1CCNCC1c1noc(-c2ccc(Cl)c(N3CCNC3=O)c2)n1. The Labute approximate surface area is 150 Å². The zero-order valence-electron chi connectivity index (χ0n) is 13.8. The number of nitrogens with one attached hydrogen (secondary N) is 2. The molecule has 1 aromatic carbocycles. The van der Waals surface area contributed by atoms with Crippen molar-refractivity contribution in [3.8, 4) is 11.5 Å². The number of piperazine rings is 1. The lowest BCUT2D eigenvalue weighted by Gasteiger charge is -2.30. The minimum atomic E-state index is -0.153. The third-order valence-electron chi connectivity index (χ3n) is 4.59. The third-order valence-corrected chi connectivity index (χ3v) is 4.91. The highest BCUT2D eigenvalue weighted by Crippen LogP contribution is 2.32. The number of carbonyl (C=O) groups excluding carboxylic acids is 1. The number of hydrogen-bond donors (Lipinski definition) is 2. The molecule has 0 bridgehead atoms. The molecule has 2 aliphatic heterocycles. The van der Waals surface area contributed by atoms with Gasteiger partial charge < -0.3 is 15.2 Å². The van der Waals surface area contributed by atoms with Crippen LogP contribution in [0, 0.1) is 0 Å². The molecule has 2 N–H and O–H groups in total. The summed E-state index contributed by atoms with van der Waals surface area (Å²) >= 11 is 6.27. The first-order valence-electron chi connectivity index (χ1n) is 8.23. The van der Waals surface area contributed by atoms with Gasteiger partial charge in [0.05, 0.1) is 16.8 Å². The highest BCUT2D eigenvalue weighted by atomic mass is 35.5. The van der Waals surface area contributed by atoms with Gasteiger partial charge in [-0.05, 0) is 25.2 Å². The summed E-state index contributed by atoms with van der Waals surface area (Å²) in [6, 6.07) is 5.31. The van der Waals surface area contributed by atoms with E-state index in [1.54, 1.807) is 11.0 Å². The van der Waals surface area contributed by atoms with Crippen molar-refractivity contribution in [3.63, 3.8) is 0 Å². The van der Waals surface area contributed by atoms with Crippen LogP contribution in [0.3, 0.4) is 0 Å². The fraction of sp³-hybridized carbons (Fsp3) is 0.438. The molecular weight excluding hydrogens is 344 g/mol. The van der Waals surface area contributed by atoms with Crippen LogP contribution in [0.4, 0.5) is 10.5 Å². The Hall–Kier alpha value is -2.16. The van der Waals surface area contributed by atoms with E-state index in [1.807, 2.05) is 19.2 Å². The van der Waals surface area contributed by atoms with Crippen molar-refractivity contribution in [2.75, 3.05) is 44.7 Å². The molecular formula is C16H19ClN6O2. The molecule has 0 spiro atoms. The van der Waals surface area contributed by atoms with Crippen molar-refractivity contribution in [3.05, 3.63) is 29.0 Å². The Morgan fingerprint density at radius 1 is 1.32 bits per heavy atom. The molecule has 25 heavy (non-hydrogen) atoms. The predicted octanol–water partition coefficient (Wildman–Crippen LogP) is 1.50. The summed E-state index contributed by atoms with van der Waals surface area (Å²) in [6.07, 6.45) is 0. The van der Waals surface area contributed by atoms with Crippen molar-refractivity contribution in [2.24, 2.45) is 0 Å². The molecule has 1 unspecified atom stereocenters. The lowest BCUT2D eigenvalue weighted by molar-refractivity contribution is 0.190. The second-order valence-electron chi connectivity index (χ2n) is 6.21. The van der Waals surface area contributed by atoms with Crippen molar-refractivity contribution in [1.29, 1.82) is 0 Å².